The van der Waals surface area contributed by atoms with Crippen molar-refractivity contribution in [1.29, 1.82) is 0 Å². The van der Waals surface area contributed by atoms with Crippen molar-refractivity contribution in [2.45, 2.75) is 70.1 Å². The van der Waals surface area contributed by atoms with Gasteiger partial charge in [0.2, 0.25) is 0 Å². The summed E-state index contributed by atoms with van der Waals surface area (Å²) >= 11 is 12.1. The summed E-state index contributed by atoms with van der Waals surface area (Å²) in [7, 11) is 0. The highest BCUT2D eigenvalue weighted by Gasteiger charge is 2.30. The molecular weight excluding hydrogens is 450 g/mol. The summed E-state index contributed by atoms with van der Waals surface area (Å²) in [4.78, 5) is 15.0. The number of piperidine rings is 1. The molecule has 1 aliphatic heterocycles. The highest BCUT2D eigenvalue weighted by Crippen LogP contribution is 2.26. The van der Waals surface area contributed by atoms with Crippen LogP contribution in [0.4, 0.5) is 4.39 Å². The molecule has 1 saturated carbocycles. The number of alkyl halides is 1. The minimum atomic E-state index is -0.750. The summed E-state index contributed by atoms with van der Waals surface area (Å²) in [5.41, 5.74) is 3.16. The van der Waals surface area contributed by atoms with Crippen molar-refractivity contribution in [1.82, 2.24) is 20.4 Å². The Balaban J connectivity index is 1.38. The zero-order chi connectivity index (χ0) is 22.7. The smallest absolute Gasteiger partial charge is 0.274 e. The van der Waals surface area contributed by atoms with Crippen LogP contribution < -0.4 is 5.32 Å². The number of likely N-dealkylation sites (tertiary alicyclic amines) is 1. The van der Waals surface area contributed by atoms with E-state index in [2.05, 4.69) is 15.5 Å². The quantitative estimate of drug-likeness (QED) is 0.644. The fraction of sp³-hybridized carbons (Fsp3) is 0.542. The molecule has 2 heterocycles. The summed E-state index contributed by atoms with van der Waals surface area (Å²) in [5.74, 6) is -0.0922. The molecule has 32 heavy (non-hydrogen) atoms. The standard InChI is InChI=1S/C24H29Cl2FN4O/c1-15-17(12-16-6-7-19(25)20(26)13-16)14-28-30-23(15)24(32)31-10-8-18(9-11-31)29-22-5-3-2-4-21(22)27/h6-7,13-14,18,21-22,29H,2-5,8-12H2,1H3. The first-order chi connectivity index (χ1) is 15.4. The van der Waals surface area contributed by atoms with Gasteiger partial charge in [0.05, 0.1) is 16.2 Å². The van der Waals surface area contributed by atoms with Gasteiger partial charge < -0.3 is 10.2 Å². The van der Waals surface area contributed by atoms with Crippen LogP contribution in [0.2, 0.25) is 10.0 Å². The number of nitrogens with one attached hydrogen (secondary N) is 1. The molecule has 1 amide bonds. The first-order valence-electron chi connectivity index (χ1n) is 11.4. The van der Waals surface area contributed by atoms with Crippen molar-refractivity contribution >= 4 is 29.1 Å². The van der Waals surface area contributed by atoms with Crippen molar-refractivity contribution in [3.05, 3.63) is 56.8 Å². The van der Waals surface area contributed by atoms with E-state index in [0.717, 1.165) is 48.8 Å². The number of halogens is 3. The number of amides is 1. The lowest BCUT2D eigenvalue weighted by Gasteiger charge is -2.36. The van der Waals surface area contributed by atoms with Crippen molar-refractivity contribution in [2.75, 3.05) is 13.1 Å². The van der Waals surface area contributed by atoms with Gasteiger partial charge >= 0.3 is 0 Å². The lowest BCUT2D eigenvalue weighted by atomic mass is 9.92. The predicted octanol–water partition coefficient (Wildman–Crippen LogP) is 5.16. The average molecular weight is 479 g/mol. The van der Waals surface area contributed by atoms with Crippen LogP contribution in [0, 0.1) is 6.92 Å². The minimum Gasteiger partial charge on any atom is -0.337 e. The third kappa shape index (κ3) is 5.41. The predicted molar refractivity (Wildman–Crippen MR) is 125 cm³/mol. The summed E-state index contributed by atoms with van der Waals surface area (Å²) in [6, 6.07) is 5.74. The third-order valence-corrected chi connectivity index (χ3v) is 7.44. The topological polar surface area (TPSA) is 58.1 Å². The van der Waals surface area contributed by atoms with Crippen molar-refractivity contribution in [3.8, 4) is 0 Å². The van der Waals surface area contributed by atoms with E-state index in [1.165, 1.54) is 0 Å². The highest BCUT2D eigenvalue weighted by atomic mass is 35.5. The first kappa shape index (κ1) is 23.4. The molecule has 5 nitrogen and oxygen atoms in total. The SMILES string of the molecule is Cc1c(Cc2ccc(Cl)c(Cl)c2)cnnc1C(=O)N1CCC(NC2CCCCC2F)CC1. The first-order valence-corrected chi connectivity index (χ1v) is 12.1. The number of carbonyl (C=O) groups is 1. The molecule has 0 radical (unpaired) electrons. The molecule has 2 aliphatic rings. The van der Waals surface area contributed by atoms with Crippen molar-refractivity contribution in [3.63, 3.8) is 0 Å². The van der Waals surface area contributed by atoms with Crippen LogP contribution in [0.3, 0.4) is 0 Å². The van der Waals surface area contributed by atoms with Crippen LogP contribution in [-0.2, 0) is 6.42 Å². The zero-order valence-corrected chi connectivity index (χ0v) is 19.8. The van der Waals surface area contributed by atoms with Crippen LogP contribution in [0.15, 0.2) is 24.4 Å². The number of hydrogen-bond acceptors (Lipinski definition) is 4. The molecule has 1 saturated heterocycles. The number of benzene rings is 1. The number of aromatic nitrogens is 2. The molecule has 1 aromatic heterocycles. The van der Waals surface area contributed by atoms with E-state index >= 15 is 0 Å². The Morgan fingerprint density at radius 3 is 2.62 bits per heavy atom. The summed E-state index contributed by atoms with van der Waals surface area (Å²) in [6.07, 6.45) is 6.82. The highest BCUT2D eigenvalue weighted by molar-refractivity contribution is 6.42. The maximum atomic E-state index is 14.2. The average Bonchev–Trinajstić information content (AvgIpc) is 2.79. The summed E-state index contributed by atoms with van der Waals surface area (Å²) in [6.45, 7) is 3.18. The Morgan fingerprint density at radius 1 is 1.16 bits per heavy atom. The molecule has 1 aliphatic carbocycles. The molecule has 1 aromatic carbocycles. The molecular formula is C24H29Cl2FN4O. The number of nitrogens with zero attached hydrogens (tertiary/aromatic N) is 3. The van der Waals surface area contributed by atoms with Gasteiger partial charge in [-0.15, -0.1) is 5.10 Å². The molecule has 172 valence electrons. The minimum absolute atomic E-state index is 0.0397. The second-order valence-electron chi connectivity index (χ2n) is 8.91. The largest absolute Gasteiger partial charge is 0.337 e. The number of rotatable bonds is 5. The lowest BCUT2D eigenvalue weighted by molar-refractivity contribution is 0.0681. The molecule has 4 rings (SSSR count). The third-order valence-electron chi connectivity index (χ3n) is 6.70. The lowest BCUT2D eigenvalue weighted by Crippen LogP contribution is -2.51. The molecule has 2 atom stereocenters. The molecule has 0 spiro atoms. The van der Waals surface area contributed by atoms with Gasteiger partial charge in [0.15, 0.2) is 5.69 Å². The summed E-state index contributed by atoms with van der Waals surface area (Å²) in [5, 5.41) is 12.8. The Hall–Kier alpha value is -1.76. The molecule has 2 fully saturated rings. The van der Waals surface area contributed by atoms with Gasteiger partial charge in [-0.25, -0.2) is 4.39 Å². The Bertz CT molecular complexity index is 965. The Morgan fingerprint density at radius 2 is 1.91 bits per heavy atom. The van der Waals surface area contributed by atoms with E-state index in [-0.39, 0.29) is 18.0 Å². The fourth-order valence-corrected chi connectivity index (χ4v) is 5.03. The second kappa shape index (κ2) is 10.4. The van der Waals surface area contributed by atoms with Gasteiger partial charge in [-0.05, 0) is 67.9 Å². The molecule has 8 heteroatoms. The van der Waals surface area contributed by atoms with E-state index in [1.54, 1.807) is 12.3 Å². The van der Waals surface area contributed by atoms with Gasteiger partial charge in [0.25, 0.3) is 5.91 Å². The normalized spacial score (nSPS) is 22.2. The van der Waals surface area contributed by atoms with Gasteiger partial charge in [0.1, 0.15) is 6.17 Å². The molecule has 2 unspecified atom stereocenters. The number of carbonyl (C=O) groups excluding carboxylic acids is 1. The monoisotopic (exact) mass is 478 g/mol. The molecule has 2 aromatic rings. The van der Waals surface area contributed by atoms with Crippen LogP contribution in [0.5, 0.6) is 0 Å². The van der Waals surface area contributed by atoms with Crippen LogP contribution in [-0.4, -0.2) is 52.3 Å². The van der Waals surface area contributed by atoms with E-state index in [4.69, 9.17) is 23.2 Å². The van der Waals surface area contributed by atoms with Crippen LogP contribution in [0.1, 0.15) is 65.7 Å². The van der Waals surface area contributed by atoms with Crippen LogP contribution >= 0.6 is 23.2 Å². The molecule has 1 N–H and O–H groups in total. The van der Waals surface area contributed by atoms with Crippen molar-refractivity contribution in [2.24, 2.45) is 0 Å². The number of hydrogen-bond donors (Lipinski definition) is 1. The summed E-state index contributed by atoms with van der Waals surface area (Å²) < 4.78 is 14.2. The van der Waals surface area contributed by atoms with Crippen molar-refractivity contribution < 1.29 is 9.18 Å². The van der Waals surface area contributed by atoms with E-state index in [1.807, 2.05) is 24.0 Å². The second-order valence-corrected chi connectivity index (χ2v) is 9.72. The Labute approximate surface area is 198 Å². The maximum absolute atomic E-state index is 14.2. The van der Waals surface area contributed by atoms with E-state index in [0.29, 0.717) is 41.7 Å². The zero-order valence-electron chi connectivity index (χ0n) is 18.3. The molecule has 0 bridgehead atoms. The van der Waals surface area contributed by atoms with Gasteiger partial charge in [-0.2, -0.15) is 5.10 Å². The van der Waals surface area contributed by atoms with E-state index in [9.17, 15) is 9.18 Å². The maximum Gasteiger partial charge on any atom is 0.274 e. The van der Waals surface area contributed by atoms with Gasteiger partial charge in [-0.1, -0.05) is 42.1 Å². The Kier molecular flexibility index (Phi) is 7.64. The van der Waals surface area contributed by atoms with Gasteiger partial charge in [-0.3, -0.25) is 4.79 Å². The van der Waals surface area contributed by atoms with Gasteiger partial charge in [0, 0.05) is 25.2 Å². The fourth-order valence-electron chi connectivity index (χ4n) is 4.71. The van der Waals surface area contributed by atoms with E-state index < -0.39 is 6.17 Å². The van der Waals surface area contributed by atoms with Crippen LogP contribution in [0.25, 0.3) is 0 Å².